The molecule has 34 heavy (non-hydrogen) atoms. The average molecular weight is 460 g/mol. The molecule has 3 heterocycles. The Bertz CT molecular complexity index is 1190. The minimum Gasteiger partial charge on any atom is -0.454 e. The summed E-state index contributed by atoms with van der Waals surface area (Å²) in [6, 6.07) is 15.3. The van der Waals surface area contributed by atoms with Crippen LogP contribution in [0, 0.1) is 11.3 Å². The highest BCUT2D eigenvalue weighted by atomic mass is 16.7. The molecule has 2 aliphatic rings. The van der Waals surface area contributed by atoms with Crippen molar-refractivity contribution in [2.75, 3.05) is 33.0 Å². The summed E-state index contributed by atoms with van der Waals surface area (Å²) in [4.78, 5) is 20.9. The molecule has 2 aromatic carbocycles. The lowest BCUT2D eigenvalue weighted by Crippen LogP contribution is -2.48. The molecule has 1 amide bonds. The predicted octanol–water partition coefficient (Wildman–Crippen LogP) is 2.99. The molecule has 1 saturated heterocycles. The Labute approximate surface area is 197 Å². The van der Waals surface area contributed by atoms with Crippen molar-refractivity contribution in [3.05, 3.63) is 77.4 Å². The highest BCUT2D eigenvalue weighted by molar-refractivity contribution is 5.68. The first-order chi connectivity index (χ1) is 16.7. The van der Waals surface area contributed by atoms with Crippen LogP contribution >= 0.6 is 0 Å². The van der Waals surface area contributed by atoms with Crippen molar-refractivity contribution in [3.63, 3.8) is 0 Å². The first-order valence-corrected chi connectivity index (χ1v) is 11.2. The van der Waals surface area contributed by atoms with Gasteiger partial charge >= 0.3 is 6.09 Å². The number of ether oxygens (including phenoxy) is 3. The molecular weight excluding hydrogens is 434 g/mol. The largest absolute Gasteiger partial charge is 0.454 e. The molecule has 2 aliphatic heterocycles. The summed E-state index contributed by atoms with van der Waals surface area (Å²) in [5, 5.41) is 8.97. The van der Waals surface area contributed by atoms with Gasteiger partial charge in [0.2, 0.25) is 6.79 Å². The van der Waals surface area contributed by atoms with Crippen LogP contribution in [0.15, 0.2) is 55.0 Å². The molecule has 0 radical (unpaired) electrons. The normalized spacial score (nSPS) is 15.2. The second-order valence-electron chi connectivity index (χ2n) is 8.29. The quantitative estimate of drug-likeness (QED) is 0.559. The summed E-state index contributed by atoms with van der Waals surface area (Å²) < 4.78 is 18.5. The van der Waals surface area contributed by atoms with Gasteiger partial charge in [0.25, 0.3) is 0 Å². The molecule has 0 atom stereocenters. The summed E-state index contributed by atoms with van der Waals surface area (Å²) in [5.74, 6) is 1.33. The molecular formula is C25H25N5O4. The number of fused-ring (bicyclic) bond motifs is 1. The Balaban J connectivity index is 1.11. The third-order valence-electron chi connectivity index (χ3n) is 6.08. The van der Waals surface area contributed by atoms with Crippen LogP contribution in [-0.4, -0.2) is 58.4 Å². The molecule has 0 N–H and O–H groups in total. The van der Waals surface area contributed by atoms with Crippen LogP contribution in [0.25, 0.3) is 0 Å². The fourth-order valence-electron chi connectivity index (χ4n) is 4.16. The van der Waals surface area contributed by atoms with Crippen molar-refractivity contribution in [1.82, 2.24) is 19.4 Å². The standard InChI is InChI=1S/C25H25N5O4/c26-12-19-4-6-20(7-5-19)14-30-17-27-13-22(30)15-28-8-10-29(11-9-28)25(31)32-16-21-2-1-3-23-24(21)34-18-33-23/h1-7,13,17H,8-11,14-16,18H2. The van der Waals surface area contributed by atoms with Gasteiger partial charge in [0.05, 0.1) is 23.7 Å². The van der Waals surface area contributed by atoms with Gasteiger partial charge in [-0.3, -0.25) is 4.90 Å². The van der Waals surface area contributed by atoms with Gasteiger partial charge in [-0.05, 0) is 23.8 Å². The molecule has 0 unspecified atom stereocenters. The maximum Gasteiger partial charge on any atom is 0.410 e. The van der Waals surface area contributed by atoms with E-state index in [1.165, 1.54) is 0 Å². The number of carbonyl (C=O) groups excluding carboxylic acids is 1. The van der Waals surface area contributed by atoms with Crippen LogP contribution in [0.2, 0.25) is 0 Å². The molecule has 0 saturated carbocycles. The average Bonchev–Trinajstić information content (AvgIpc) is 3.53. The SMILES string of the molecule is N#Cc1ccc(Cn2cncc2CN2CCN(C(=O)OCc3cccc4c3OCO4)CC2)cc1. The monoisotopic (exact) mass is 459 g/mol. The number of benzene rings is 2. The van der Waals surface area contributed by atoms with Gasteiger partial charge in [0.15, 0.2) is 11.5 Å². The van der Waals surface area contributed by atoms with E-state index >= 15 is 0 Å². The predicted molar refractivity (Wildman–Crippen MR) is 122 cm³/mol. The van der Waals surface area contributed by atoms with E-state index in [4.69, 9.17) is 19.5 Å². The smallest absolute Gasteiger partial charge is 0.410 e. The second-order valence-corrected chi connectivity index (χ2v) is 8.29. The molecule has 5 rings (SSSR count). The zero-order valence-corrected chi connectivity index (χ0v) is 18.7. The first kappa shape index (κ1) is 21.8. The first-order valence-electron chi connectivity index (χ1n) is 11.2. The molecule has 0 spiro atoms. The van der Waals surface area contributed by atoms with E-state index in [1.807, 2.05) is 55.0 Å². The molecule has 3 aromatic rings. The van der Waals surface area contributed by atoms with Gasteiger partial charge in [-0.15, -0.1) is 0 Å². The summed E-state index contributed by atoms with van der Waals surface area (Å²) >= 11 is 0. The van der Waals surface area contributed by atoms with Crippen LogP contribution in [0.5, 0.6) is 11.5 Å². The number of hydrogen-bond acceptors (Lipinski definition) is 7. The summed E-state index contributed by atoms with van der Waals surface area (Å²) in [6.07, 6.45) is 3.40. The van der Waals surface area contributed by atoms with E-state index in [-0.39, 0.29) is 19.5 Å². The van der Waals surface area contributed by atoms with Crippen molar-refractivity contribution in [2.24, 2.45) is 0 Å². The maximum atomic E-state index is 12.6. The lowest BCUT2D eigenvalue weighted by molar-refractivity contribution is 0.0689. The third kappa shape index (κ3) is 4.82. The van der Waals surface area contributed by atoms with E-state index in [0.29, 0.717) is 36.7 Å². The number of nitriles is 1. The van der Waals surface area contributed by atoms with Gasteiger partial charge in [0, 0.05) is 51.0 Å². The minimum absolute atomic E-state index is 0.153. The van der Waals surface area contributed by atoms with Crippen LogP contribution in [-0.2, 0) is 24.4 Å². The Kier molecular flexibility index (Phi) is 6.31. The zero-order chi connectivity index (χ0) is 23.3. The zero-order valence-electron chi connectivity index (χ0n) is 18.7. The summed E-state index contributed by atoms with van der Waals surface area (Å²) in [5.41, 5.74) is 3.69. The fraction of sp³-hybridized carbons (Fsp3) is 0.320. The minimum atomic E-state index is -0.318. The lowest BCUT2D eigenvalue weighted by Gasteiger charge is -2.34. The van der Waals surface area contributed by atoms with Crippen molar-refractivity contribution >= 4 is 6.09 Å². The molecule has 9 heteroatoms. The molecule has 174 valence electrons. The van der Waals surface area contributed by atoms with Crippen molar-refractivity contribution in [3.8, 4) is 17.6 Å². The van der Waals surface area contributed by atoms with E-state index in [0.717, 1.165) is 36.5 Å². The number of nitrogens with zero attached hydrogens (tertiary/aromatic N) is 5. The Morgan fingerprint density at radius 3 is 2.68 bits per heavy atom. The highest BCUT2D eigenvalue weighted by Crippen LogP contribution is 2.35. The second kappa shape index (κ2) is 9.85. The van der Waals surface area contributed by atoms with Gasteiger partial charge in [0.1, 0.15) is 6.61 Å². The van der Waals surface area contributed by atoms with E-state index in [1.54, 1.807) is 4.90 Å². The van der Waals surface area contributed by atoms with E-state index in [9.17, 15) is 4.79 Å². The Hall–Kier alpha value is -4.03. The number of imidazole rings is 1. The van der Waals surface area contributed by atoms with Crippen molar-refractivity contribution in [2.45, 2.75) is 19.7 Å². The summed E-state index contributed by atoms with van der Waals surface area (Å²) in [7, 11) is 0. The van der Waals surface area contributed by atoms with Crippen LogP contribution < -0.4 is 9.47 Å². The van der Waals surface area contributed by atoms with Crippen LogP contribution in [0.4, 0.5) is 4.79 Å². The maximum absolute atomic E-state index is 12.6. The lowest BCUT2D eigenvalue weighted by atomic mass is 10.1. The number of para-hydroxylation sites is 1. The van der Waals surface area contributed by atoms with Gasteiger partial charge in [-0.1, -0.05) is 24.3 Å². The Morgan fingerprint density at radius 1 is 1.06 bits per heavy atom. The van der Waals surface area contributed by atoms with Crippen molar-refractivity contribution < 1.29 is 19.0 Å². The number of aromatic nitrogens is 2. The van der Waals surface area contributed by atoms with Gasteiger partial charge in [-0.25, -0.2) is 9.78 Å². The number of rotatable bonds is 6. The van der Waals surface area contributed by atoms with Gasteiger partial charge in [-0.2, -0.15) is 5.26 Å². The number of piperazine rings is 1. The third-order valence-corrected chi connectivity index (χ3v) is 6.08. The molecule has 1 aromatic heterocycles. The van der Waals surface area contributed by atoms with Crippen molar-refractivity contribution in [1.29, 1.82) is 5.26 Å². The van der Waals surface area contributed by atoms with E-state index < -0.39 is 0 Å². The van der Waals surface area contributed by atoms with Crippen LogP contribution in [0.1, 0.15) is 22.4 Å². The van der Waals surface area contributed by atoms with Crippen LogP contribution in [0.3, 0.4) is 0 Å². The summed E-state index contributed by atoms with van der Waals surface area (Å²) in [6.45, 7) is 4.53. The number of hydrogen-bond donors (Lipinski definition) is 0. The highest BCUT2D eigenvalue weighted by Gasteiger charge is 2.24. The van der Waals surface area contributed by atoms with Gasteiger partial charge < -0.3 is 23.7 Å². The topological polar surface area (TPSA) is 92.9 Å². The Morgan fingerprint density at radius 2 is 1.88 bits per heavy atom. The molecule has 9 nitrogen and oxygen atoms in total. The fourth-order valence-corrected chi connectivity index (χ4v) is 4.16. The molecule has 0 bridgehead atoms. The van der Waals surface area contributed by atoms with E-state index in [2.05, 4.69) is 20.5 Å². The number of amides is 1. The molecule has 1 fully saturated rings. The number of carbonyl (C=O) groups is 1. The molecule has 0 aliphatic carbocycles.